The van der Waals surface area contributed by atoms with Gasteiger partial charge in [0, 0.05) is 32.3 Å². The Bertz CT molecular complexity index is 491. The molecule has 2 N–H and O–H groups in total. The van der Waals surface area contributed by atoms with Gasteiger partial charge in [-0.1, -0.05) is 18.6 Å². The van der Waals surface area contributed by atoms with Gasteiger partial charge in [-0.25, -0.2) is 0 Å². The second-order valence-electron chi connectivity index (χ2n) is 6.71. The maximum Gasteiger partial charge on any atom is 0.119 e. The first-order chi connectivity index (χ1) is 11.9. The van der Waals surface area contributed by atoms with Crippen LogP contribution in [0.5, 0.6) is 5.75 Å². The van der Waals surface area contributed by atoms with Gasteiger partial charge in [0.15, 0.2) is 0 Å². The Labute approximate surface area is 145 Å². The molecule has 5 heteroatoms. The van der Waals surface area contributed by atoms with Crippen molar-refractivity contribution >= 4 is 0 Å². The van der Waals surface area contributed by atoms with E-state index in [1.165, 1.54) is 24.8 Å². The first-order valence-electron chi connectivity index (χ1n) is 9.12. The molecule has 0 amide bonds. The minimum atomic E-state index is 0.502. The monoisotopic (exact) mass is 334 g/mol. The van der Waals surface area contributed by atoms with Gasteiger partial charge in [0.2, 0.25) is 0 Å². The molecular weight excluding hydrogens is 304 g/mol. The molecule has 24 heavy (non-hydrogen) atoms. The Morgan fingerprint density at radius 1 is 1.29 bits per heavy atom. The van der Waals surface area contributed by atoms with E-state index in [1.54, 1.807) is 7.11 Å². The largest absolute Gasteiger partial charge is 0.491 e. The van der Waals surface area contributed by atoms with Gasteiger partial charge in [0.1, 0.15) is 12.4 Å². The fourth-order valence-corrected chi connectivity index (χ4v) is 3.82. The Balaban J connectivity index is 1.50. The van der Waals surface area contributed by atoms with Gasteiger partial charge in [0.25, 0.3) is 0 Å². The smallest absolute Gasteiger partial charge is 0.119 e. The van der Waals surface area contributed by atoms with Crippen LogP contribution in [0.1, 0.15) is 24.8 Å². The van der Waals surface area contributed by atoms with E-state index in [-0.39, 0.29) is 0 Å². The molecule has 1 heterocycles. The van der Waals surface area contributed by atoms with E-state index in [9.17, 15) is 0 Å². The predicted molar refractivity (Wildman–Crippen MR) is 94.4 cm³/mol. The molecule has 1 saturated carbocycles. The summed E-state index contributed by atoms with van der Waals surface area (Å²) < 4.78 is 16.4. The summed E-state index contributed by atoms with van der Waals surface area (Å²) in [5.74, 6) is 1.59. The molecule has 1 aliphatic heterocycles. The summed E-state index contributed by atoms with van der Waals surface area (Å²) in [5, 5.41) is 7.39. The van der Waals surface area contributed by atoms with Crippen molar-refractivity contribution in [2.45, 2.75) is 37.9 Å². The number of ether oxygens (including phenoxy) is 3. The molecule has 1 aromatic rings. The van der Waals surface area contributed by atoms with Gasteiger partial charge >= 0.3 is 0 Å². The number of benzene rings is 1. The quantitative estimate of drug-likeness (QED) is 0.712. The van der Waals surface area contributed by atoms with Crippen LogP contribution in [0.15, 0.2) is 24.3 Å². The standard InChI is InChI=1S/C19H30N2O3/c1-22-10-11-24-16-5-2-4-15(12-16)13-21-18-7-3-6-17(18)19-14-23-9-8-20-19/h2,4-5,12,17-21H,3,6-11,13-14H2,1H3. The second kappa shape index (κ2) is 9.37. The van der Waals surface area contributed by atoms with Crippen molar-refractivity contribution < 1.29 is 14.2 Å². The minimum absolute atomic E-state index is 0.502. The van der Waals surface area contributed by atoms with Crippen molar-refractivity contribution in [1.82, 2.24) is 10.6 Å². The van der Waals surface area contributed by atoms with Gasteiger partial charge in [-0.15, -0.1) is 0 Å². The van der Waals surface area contributed by atoms with Crippen molar-refractivity contribution in [2.75, 3.05) is 40.1 Å². The van der Waals surface area contributed by atoms with Gasteiger partial charge in [0.05, 0.1) is 19.8 Å². The summed E-state index contributed by atoms with van der Waals surface area (Å²) in [7, 11) is 1.69. The normalized spacial score (nSPS) is 27.3. The van der Waals surface area contributed by atoms with E-state index >= 15 is 0 Å². The van der Waals surface area contributed by atoms with Crippen LogP contribution in [0.4, 0.5) is 0 Å². The lowest BCUT2D eigenvalue weighted by Gasteiger charge is -2.33. The lowest BCUT2D eigenvalue weighted by molar-refractivity contribution is 0.0524. The number of hydrogen-bond donors (Lipinski definition) is 2. The highest BCUT2D eigenvalue weighted by atomic mass is 16.5. The molecule has 3 unspecified atom stereocenters. The molecule has 1 aromatic carbocycles. The average Bonchev–Trinajstić information content (AvgIpc) is 3.10. The van der Waals surface area contributed by atoms with Crippen molar-refractivity contribution in [3.8, 4) is 5.75 Å². The summed E-state index contributed by atoms with van der Waals surface area (Å²) in [6.07, 6.45) is 3.85. The molecule has 5 nitrogen and oxygen atoms in total. The fourth-order valence-electron chi connectivity index (χ4n) is 3.82. The summed E-state index contributed by atoms with van der Waals surface area (Å²) in [4.78, 5) is 0. The van der Waals surface area contributed by atoms with Crippen molar-refractivity contribution in [3.05, 3.63) is 29.8 Å². The third-order valence-electron chi connectivity index (χ3n) is 5.06. The topological polar surface area (TPSA) is 51.8 Å². The first kappa shape index (κ1) is 17.7. The maximum absolute atomic E-state index is 5.70. The van der Waals surface area contributed by atoms with E-state index in [2.05, 4.69) is 28.8 Å². The summed E-state index contributed by atoms with van der Waals surface area (Å²) in [6, 6.07) is 9.41. The van der Waals surface area contributed by atoms with Gasteiger partial charge in [-0.3, -0.25) is 0 Å². The lowest BCUT2D eigenvalue weighted by Crippen LogP contribution is -2.50. The lowest BCUT2D eigenvalue weighted by atomic mass is 9.94. The van der Waals surface area contributed by atoms with Gasteiger partial charge in [-0.2, -0.15) is 0 Å². The average molecular weight is 334 g/mol. The van der Waals surface area contributed by atoms with Crippen LogP contribution in [-0.4, -0.2) is 52.2 Å². The van der Waals surface area contributed by atoms with Crippen molar-refractivity contribution in [2.24, 2.45) is 5.92 Å². The van der Waals surface area contributed by atoms with Crippen LogP contribution >= 0.6 is 0 Å². The molecule has 1 saturated heterocycles. The van der Waals surface area contributed by atoms with E-state index in [0.29, 0.717) is 31.2 Å². The van der Waals surface area contributed by atoms with Crippen LogP contribution in [-0.2, 0) is 16.0 Å². The molecule has 3 rings (SSSR count). The van der Waals surface area contributed by atoms with Crippen LogP contribution < -0.4 is 15.4 Å². The zero-order valence-electron chi connectivity index (χ0n) is 14.6. The Morgan fingerprint density at radius 2 is 2.25 bits per heavy atom. The minimum Gasteiger partial charge on any atom is -0.491 e. The number of rotatable bonds is 8. The van der Waals surface area contributed by atoms with Crippen LogP contribution in [0, 0.1) is 5.92 Å². The molecule has 0 aromatic heterocycles. The summed E-state index contributed by atoms with van der Waals surface area (Å²) in [6.45, 7) is 4.77. The maximum atomic E-state index is 5.70. The third kappa shape index (κ3) is 4.93. The molecule has 3 atom stereocenters. The first-order valence-corrected chi connectivity index (χ1v) is 9.12. The zero-order valence-corrected chi connectivity index (χ0v) is 14.6. The Hall–Kier alpha value is -1.14. The summed E-state index contributed by atoms with van der Waals surface area (Å²) >= 11 is 0. The van der Waals surface area contributed by atoms with E-state index in [1.807, 2.05) is 6.07 Å². The molecule has 0 bridgehead atoms. The van der Waals surface area contributed by atoms with Crippen LogP contribution in [0.25, 0.3) is 0 Å². The molecule has 2 aliphatic rings. The predicted octanol–water partition coefficient (Wildman–Crippen LogP) is 1.96. The fraction of sp³-hybridized carbons (Fsp3) is 0.684. The molecule has 0 radical (unpaired) electrons. The molecule has 1 aliphatic carbocycles. The number of hydrogen-bond acceptors (Lipinski definition) is 5. The van der Waals surface area contributed by atoms with Crippen molar-refractivity contribution in [3.63, 3.8) is 0 Å². The molecule has 2 fully saturated rings. The summed E-state index contributed by atoms with van der Waals surface area (Å²) in [5.41, 5.74) is 1.27. The Morgan fingerprint density at radius 3 is 3.08 bits per heavy atom. The highest BCUT2D eigenvalue weighted by Gasteiger charge is 2.34. The van der Waals surface area contributed by atoms with Gasteiger partial charge in [-0.05, 0) is 36.5 Å². The van der Waals surface area contributed by atoms with E-state index in [4.69, 9.17) is 14.2 Å². The van der Waals surface area contributed by atoms with E-state index < -0.39 is 0 Å². The zero-order chi connectivity index (χ0) is 16.6. The highest BCUT2D eigenvalue weighted by Crippen LogP contribution is 2.29. The molecular formula is C19H30N2O3. The highest BCUT2D eigenvalue weighted by molar-refractivity contribution is 5.28. The number of morpholine rings is 1. The van der Waals surface area contributed by atoms with Crippen LogP contribution in [0.2, 0.25) is 0 Å². The SMILES string of the molecule is COCCOc1cccc(CNC2CCCC2C2COCCN2)c1. The van der Waals surface area contributed by atoms with Crippen molar-refractivity contribution in [1.29, 1.82) is 0 Å². The van der Waals surface area contributed by atoms with E-state index in [0.717, 1.165) is 32.1 Å². The Kier molecular flexibility index (Phi) is 6.90. The molecule has 0 spiro atoms. The number of nitrogens with one attached hydrogen (secondary N) is 2. The van der Waals surface area contributed by atoms with Gasteiger partial charge < -0.3 is 24.8 Å². The molecule has 134 valence electrons. The second-order valence-corrected chi connectivity index (χ2v) is 6.71. The van der Waals surface area contributed by atoms with Crippen LogP contribution in [0.3, 0.4) is 0 Å². The number of methoxy groups -OCH3 is 1. The third-order valence-corrected chi connectivity index (χ3v) is 5.06.